The summed E-state index contributed by atoms with van der Waals surface area (Å²) < 4.78 is 39.4. The summed E-state index contributed by atoms with van der Waals surface area (Å²) in [4.78, 5) is 48.4. The smallest absolute Gasteiger partial charge is 0.462 e. The van der Waals surface area contributed by atoms with E-state index in [1.165, 1.54) is 83.5 Å². The molecule has 12 heteroatoms. The van der Waals surface area contributed by atoms with E-state index in [1.807, 2.05) is 0 Å². The molecule has 0 aromatic carbocycles. The van der Waals surface area contributed by atoms with Gasteiger partial charge in [-0.25, -0.2) is 4.57 Å². The average molecular weight is 1010 g/mol. The Bertz CT molecular complexity index is 1450. The molecule has 0 radical (unpaired) electrons. The van der Waals surface area contributed by atoms with Crippen LogP contribution in [-0.2, 0) is 42.2 Å². The number of carbonyl (C=O) groups excluding carboxylic acids is 3. The van der Waals surface area contributed by atoms with Gasteiger partial charge in [-0.05, 0) is 89.9 Å². The summed E-state index contributed by atoms with van der Waals surface area (Å²) in [7, 11) is -4.76. The van der Waals surface area contributed by atoms with Crippen LogP contribution in [0.2, 0.25) is 0 Å². The Morgan fingerprint density at radius 1 is 0.414 bits per heavy atom. The van der Waals surface area contributed by atoms with Gasteiger partial charge in [-0.3, -0.25) is 23.4 Å². The zero-order valence-corrected chi connectivity index (χ0v) is 45.4. The number of phosphoric ester groups is 1. The van der Waals surface area contributed by atoms with E-state index in [2.05, 4.69) is 93.7 Å². The molecule has 404 valence electrons. The summed E-state index contributed by atoms with van der Waals surface area (Å²) in [5.74, 6) is -1.51. The number of esters is 3. The molecule has 3 unspecified atom stereocenters. The van der Waals surface area contributed by atoms with Crippen LogP contribution in [0.4, 0.5) is 0 Å². The van der Waals surface area contributed by atoms with Crippen LogP contribution in [0, 0.1) is 0 Å². The first-order valence-corrected chi connectivity index (χ1v) is 29.3. The van der Waals surface area contributed by atoms with Gasteiger partial charge in [-0.2, -0.15) is 0 Å². The highest BCUT2D eigenvalue weighted by molar-refractivity contribution is 7.47. The zero-order valence-electron chi connectivity index (χ0n) is 44.5. The minimum atomic E-state index is -4.76. The lowest BCUT2D eigenvalue weighted by atomic mass is 10.1. The normalized spacial score (nSPS) is 14.0. The third kappa shape index (κ3) is 49.9. The first-order valence-electron chi connectivity index (χ1n) is 27.8. The Kier molecular flexibility index (Phi) is 50.0. The van der Waals surface area contributed by atoms with Crippen molar-refractivity contribution >= 4 is 25.7 Å². The Hall–Kier alpha value is -3.08. The standard InChI is InChI=1S/C58H101O11P/c1-4-7-10-13-16-19-22-24-26-27-29-31-34-37-40-43-46-49-58(62)69-55(51-65-56(60)47-44-41-38-35-32-21-18-15-12-9-6-3)53-67-70(63,64)66-52-54(50-59)68-57(61)48-45-42-39-36-33-30-28-25-23-20-17-14-11-8-5-2/h8,11,16-17,19-20,24-26,28,33,36,54-55,59H,4-7,9-10,12-15,18,21-23,27,29-32,34-35,37-53H2,1-3H3,(H,63,64)/b11-8-,19-16-,20-17-,26-24-,28-25-,36-33-. The predicted octanol–water partition coefficient (Wildman–Crippen LogP) is 16.1. The van der Waals surface area contributed by atoms with Crippen molar-refractivity contribution in [1.82, 2.24) is 0 Å². The summed E-state index contributed by atoms with van der Waals surface area (Å²) in [5, 5.41) is 9.79. The molecule has 11 nitrogen and oxygen atoms in total. The van der Waals surface area contributed by atoms with Crippen molar-refractivity contribution in [2.45, 2.75) is 251 Å². The number of aliphatic hydroxyl groups is 1. The molecule has 70 heavy (non-hydrogen) atoms. The molecule has 0 heterocycles. The van der Waals surface area contributed by atoms with Crippen molar-refractivity contribution in [1.29, 1.82) is 0 Å². The highest BCUT2D eigenvalue weighted by Crippen LogP contribution is 2.43. The molecule has 3 atom stereocenters. The van der Waals surface area contributed by atoms with Gasteiger partial charge in [0, 0.05) is 19.3 Å². The maximum absolute atomic E-state index is 12.9. The fraction of sp³-hybridized carbons (Fsp3) is 0.741. The van der Waals surface area contributed by atoms with Crippen molar-refractivity contribution < 1.29 is 52.2 Å². The number of rotatable bonds is 51. The second-order valence-corrected chi connectivity index (χ2v) is 19.8. The van der Waals surface area contributed by atoms with Crippen molar-refractivity contribution in [3.63, 3.8) is 0 Å². The van der Waals surface area contributed by atoms with Gasteiger partial charge >= 0.3 is 25.7 Å². The summed E-state index contributed by atoms with van der Waals surface area (Å²) >= 11 is 0. The Labute approximate surface area is 427 Å². The number of phosphoric acid groups is 1. The predicted molar refractivity (Wildman–Crippen MR) is 288 cm³/mol. The van der Waals surface area contributed by atoms with Crippen LogP contribution >= 0.6 is 7.82 Å². The molecule has 0 saturated heterocycles. The van der Waals surface area contributed by atoms with Crippen LogP contribution in [0.5, 0.6) is 0 Å². The molecular weight excluding hydrogens is 904 g/mol. The van der Waals surface area contributed by atoms with Gasteiger partial charge in [0.05, 0.1) is 19.8 Å². The molecule has 0 rings (SSSR count). The SMILES string of the molecule is CC/C=C\C/C=C\C/C=C\C/C=C\CCCCC(=O)OC(CO)COP(=O)(O)OCC(COC(=O)CCCCCCCCCCCCC)OC(=O)CCCCCCCCC/C=C\C/C=C\CCCCC. The number of ether oxygens (including phenoxy) is 3. The molecule has 0 saturated carbocycles. The fourth-order valence-electron chi connectivity index (χ4n) is 7.38. The molecule has 0 aliphatic carbocycles. The van der Waals surface area contributed by atoms with Gasteiger partial charge in [0.15, 0.2) is 6.10 Å². The molecule has 0 aromatic heterocycles. The van der Waals surface area contributed by atoms with E-state index < -0.39 is 57.8 Å². The first-order chi connectivity index (χ1) is 34.2. The Balaban J connectivity index is 4.75. The lowest BCUT2D eigenvalue weighted by Crippen LogP contribution is -2.30. The monoisotopic (exact) mass is 1000 g/mol. The lowest BCUT2D eigenvalue weighted by Gasteiger charge is -2.21. The molecule has 0 spiro atoms. The molecule has 0 fully saturated rings. The molecule has 2 N–H and O–H groups in total. The number of aliphatic hydroxyl groups excluding tert-OH is 1. The third-order valence-corrected chi connectivity index (χ3v) is 12.6. The molecule has 0 aliphatic heterocycles. The molecule has 0 amide bonds. The van der Waals surface area contributed by atoms with Gasteiger partial charge in [0.1, 0.15) is 12.7 Å². The number of hydrogen-bond acceptors (Lipinski definition) is 10. The van der Waals surface area contributed by atoms with Gasteiger partial charge in [0.2, 0.25) is 0 Å². The summed E-state index contributed by atoms with van der Waals surface area (Å²) in [6.07, 6.45) is 57.2. The topological polar surface area (TPSA) is 155 Å². The van der Waals surface area contributed by atoms with E-state index in [-0.39, 0.29) is 25.9 Å². The largest absolute Gasteiger partial charge is 0.472 e. The quantitative estimate of drug-likeness (QED) is 0.0197. The van der Waals surface area contributed by atoms with Crippen LogP contribution in [0.3, 0.4) is 0 Å². The molecular formula is C58H101O11P. The van der Waals surface area contributed by atoms with Crippen molar-refractivity contribution in [2.24, 2.45) is 0 Å². The number of allylic oxidation sites excluding steroid dienone is 12. The van der Waals surface area contributed by atoms with Crippen molar-refractivity contribution in [3.8, 4) is 0 Å². The van der Waals surface area contributed by atoms with Crippen molar-refractivity contribution in [2.75, 3.05) is 26.4 Å². The minimum Gasteiger partial charge on any atom is -0.462 e. The average Bonchev–Trinajstić information content (AvgIpc) is 3.35. The van der Waals surface area contributed by atoms with Crippen LogP contribution in [0.15, 0.2) is 72.9 Å². The van der Waals surface area contributed by atoms with Crippen LogP contribution in [0.1, 0.15) is 239 Å². The fourth-order valence-corrected chi connectivity index (χ4v) is 8.16. The highest BCUT2D eigenvalue weighted by atomic mass is 31.2. The molecule has 0 aromatic rings. The van der Waals surface area contributed by atoms with Crippen LogP contribution < -0.4 is 0 Å². The van der Waals surface area contributed by atoms with Gasteiger partial charge < -0.3 is 24.2 Å². The number of hydrogen-bond donors (Lipinski definition) is 2. The maximum Gasteiger partial charge on any atom is 0.472 e. The highest BCUT2D eigenvalue weighted by Gasteiger charge is 2.28. The molecule has 0 aliphatic rings. The van der Waals surface area contributed by atoms with Gasteiger partial charge in [-0.15, -0.1) is 0 Å². The third-order valence-electron chi connectivity index (χ3n) is 11.6. The van der Waals surface area contributed by atoms with E-state index in [0.717, 1.165) is 96.3 Å². The summed E-state index contributed by atoms with van der Waals surface area (Å²) in [5.41, 5.74) is 0. The van der Waals surface area contributed by atoms with Gasteiger partial charge in [-0.1, -0.05) is 203 Å². The molecule has 0 bridgehead atoms. The Morgan fingerprint density at radius 2 is 0.743 bits per heavy atom. The second kappa shape index (κ2) is 52.2. The van der Waals surface area contributed by atoms with Crippen LogP contribution in [-0.4, -0.2) is 66.5 Å². The lowest BCUT2D eigenvalue weighted by molar-refractivity contribution is -0.161. The number of unbranched alkanes of at least 4 members (excludes halogenated alkanes) is 22. The van der Waals surface area contributed by atoms with E-state index in [4.69, 9.17) is 23.3 Å². The maximum atomic E-state index is 12.9. The van der Waals surface area contributed by atoms with E-state index in [9.17, 15) is 28.9 Å². The Morgan fingerprint density at radius 3 is 1.20 bits per heavy atom. The van der Waals surface area contributed by atoms with E-state index in [1.54, 1.807) is 0 Å². The van der Waals surface area contributed by atoms with Gasteiger partial charge in [0.25, 0.3) is 0 Å². The van der Waals surface area contributed by atoms with Crippen LogP contribution in [0.25, 0.3) is 0 Å². The zero-order chi connectivity index (χ0) is 51.3. The number of carbonyl (C=O) groups is 3. The summed E-state index contributed by atoms with van der Waals surface area (Å²) in [6.45, 7) is 4.44. The second-order valence-electron chi connectivity index (χ2n) is 18.4. The first kappa shape index (κ1) is 66.9. The van der Waals surface area contributed by atoms with Crippen molar-refractivity contribution in [3.05, 3.63) is 72.9 Å². The van der Waals surface area contributed by atoms with E-state index >= 15 is 0 Å². The van der Waals surface area contributed by atoms with E-state index in [0.29, 0.717) is 19.3 Å². The summed E-state index contributed by atoms with van der Waals surface area (Å²) in [6, 6.07) is 0. The minimum absolute atomic E-state index is 0.123.